The third kappa shape index (κ3) is 8.41. The Hall–Kier alpha value is 0.412. The van der Waals surface area contributed by atoms with Gasteiger partial charge in [0.1, 0.15) is 0 Å². The molecule has 0 rings (SSSR count). The van der Waals surface area contributed by atoms with Gasteiger partial charge in [0.15, 0.2) is 0 Å². The van der Waals surface area contributed by atoms with Gasteiger partial charge in [0.05, 0.1) is 13.2 Å². The first-order valence-electron chi connectivity index (χ1n) is 3.47. The molecule has 0 unspecified atom stereocenters. The molecule has 0 aromatic rings. The molecule has 4 heteroatoms. The molecule has 0 aromatic heterocycles. The van der Waals surface area contributed by atoms with E-state index >= 15 is 0 Å². The SMILES string of the molecule is COCCOCCC[O][AlH2]. The molecule has 0 bridgehead atoms. The summed E-state index contributed by atoms with van der Waals surface area (Å²) in [6.07, 6.45) is 0.993. The normalized spacial score (nSPS) is 10.1. The molecular weight excluding hydrogens is 147 g/mol. The molecule has 0 saturated carbocycles. The zero-order chi connectivity index (χ0) is 7.66. The van der Waals surface area contributed by atoms with Crippen molar-refractivity contribution < 1.29 is 13.3 Å². The summed E-state index contributed by atoms with van der Waals surface area (Å²) < 4.78 is 15.0. The second kappa shape index (κ2) is 9.41. The highest BCUT2D eigenvalue weighted by Crippen LogP contribution is 1.82. The van der Waals surface area contributed by atoms with Crippen LogP contribution in [0.25, 0.3) is 0 Å². The van der Waals surface area contributed by atoms with Crippen LogP contribution in [0.1, 0.15) is 6.42 Å². The highest BCUT2D eigenvalue weighted by atomic mass is 27.1. The van der Waals surface area contributed by atoms with Gasteiger partial charge in [-0.05, 0) is 6.42 Å². The van der Waals surface area contributed by atoms with Gasteiger partial charge in [-0.3, -0.25) is 0 Å². The van der Waals surface area contributed by atoms with Crippen LogP contribution in [0.15, 0.2) is 0 Å². The molecule has 0 spiro atoms. The van der Waals surface area contributed by atoms with E-state index in [1.54, 1.807) is 7.11 Å². The number of methoxy groups -OCH3 is 1. The van der Waals surface area contributed by atoms with Crippen molar-refractivity contribution in [3.63, 3.8) is 0 Å². The molecule has 10 heavy (non-hydrogen) atoms. The summed E-state index contributed by atoms with van der Waals surface area (Å²) in [5.74, 6) is 0. The van der Waals surface area contributed by atoms with Crippen LogP contribution in [0.2, 0.25) is 0 Å². The van der Waals surface area contributed by atoms with Crippen LogP contribution in [-0.4, -0.2) is 50.2 Å². The predicted molar refractivity (Wildman–Crippen MR) is 41.8 cm³/mol. The molecule has 60 valence electrons. The molecule has 0 radical (unpaired) electrons. The Kier molecular flexibility index (Phi) is 9.80. The second-order valence-electron chi connectivity index (χ2n) is 1.95. The van der Waals surface area contributed by atoms with Gasteiger partial charge in [-0.2, -0.15) is 0 Å². The molecule has 0 fully saturated rings. The average Bonchev–Trinajstić information content (AvgIpc) is 1.97. The summed E-state index contributed by atoms with van der Waals surface area (Å²) in [6, 6.07) is 0. The van der Waals surface area contributed by atoms with E-state index in [1.807, 2.05) is 0 Å². The van der Waals surface area contributed by atoms with Crippen molar-refractivity contribution in [3.05, 3.63) is 0 Å². The second-order valence-corrected chi connectivity index (χ2v) is 2.53. The Morgan fingerprint density at radius 3 is 2.50 bits per heavy atom. The van der Waals surface area contributed by atoms with E-state index in [1.165, 1.54) is 0 Å². The number of ether oxygens (including phenoxy) is 2. The van der Waals surface area contributed by atoms with E-state index in [0.717, 1.165) is 36.3 Å². The average molecular weight is 162 g/mol. The summed E-state index contributed by atoms with van der Waals surface area (Å²) in [6.45, 7) is 2.99. The molecule has 0 atom stereocenters. The summed E-state index contributed by atoms with van der Waals surface area (Å²) in [4.78, 5) is 0. The lowest BCUT2D eigenvalue weighted by atomic mass is 10.5. The van der Waals surface area contributed by atoms with Gasteiger partial charge in [-0.1, -0.05) is 0 Å². The van der Waals surface area contributed by atoms with Crippen LogP contribution in [0.3, 0.4) is 0 Å². The van der Waals surface area contributed by atoms with Crippen molar-refractivity contribution in [2.45, 2.75) is 6.42 Å². The molecule has 0 heterocycles. The highest BCUT2D eigenvalue weighted by molar-refractivity contribution is 5.97. The minimum absolute atomic E-state index is 0.682. The molecule has 0 aromatic carbocycles. The summed E-state index contributed by atoms with van der Waals surface area (Å²) >= 11 is 0.829. The van der Waals surface area contributed by atoms with Crippen molar-refractivity contribution >= 4 is 16.6 Å². The summed E-state index contributed by atoms with van der Waals surface area (Å²) in [5.41, 5.74) is 0. The van der Waals surface area contributed by atoms with Gasteiger partial charge >= 0.3 is 16.6 Å². The zero-order valence-electron chi connectivity index (χ0n) is 6.76. The molecule has 0 aliphatic heterocycles. The maximum Gasteiger partial charge on any atom is 0.410 e. The largest absolute Gasteiger partial charge is 0.506 e. The van der Waals surface area contributed by atoms with E-state index in [2.05, 4.69) is 0 Å². The number of hydrogen-bond donors (Lipinski definition) is 0. The minimum atomic E-state index is 0.682. The van der Waals surface area contributed by atoms with Gasteiger partial charge in [0.2, 0.25) is 0 Å². The molecule has 0 N–H and O–H groups in total. The van der Waals surface area contributed by atoms with E-state index in [4.69, 9.17) is 13.3 Å². The van der Waals surface area contributed by atoms with Crippen LogP contribution < -0.4 is 0 Å². The predicted octanol–water partition coefficient (Wildman–Crippen LogP) is -0.396. The molecule has 0 saturated heterocycles. The van der Waals surface area contributed by atoms with Crippen molar-refractivity contribution in [1.29, 1.82) is 0 Å². The van der Waals surface area contributed by atoms with Crippen LogP contribution in [0, 0.1) is 0 Å². The van der Waals surface area contributed by atoms with Crippen LogP contribution in [0.4, 0.5) is 0 Å². The monoisotopic (exact) mass is 162 g/mol. The van der Waals surface area contributed by atoms with Gasteiger partial charge in [0, 0.05) is 20.3 Å². The van der Waals surface area contributed by atoms with Crippen molar-refractivity contribution in [1.82, 2.24) is 0 Å². The maximum absolute atomic E-state index is 5.19. The van der Waals surface area contributed by atoms with Crippen LogP contribution in [0.5, 0.6) is 0 Å². The van der Waals surface area contributed by atoms with Gasteiger partial charge in [0.25, 0.3) is 0 Å². The Bertz CT molecular complexity index is 53.0. The van der Waals surface area contributed by atoms with Gasteiger partial charge in [-0.25, -0.2) is 0 Å². The van der Waals surface area contributed by atoms with Gasteiger partial charge in [-0.15, -0.1) is 0 Å². The quantitative estimate of drug-likeness (QED) is 0.377. The summed E-state index contributed by atoms with van der Waals surface area (Å²) in [7, 11) is 1.67. The third-order valence-corrected chi connectivity index (χ3v) is 1.48. The zero-order valence-corrected chi connectivity index (χ0v) is 8.76. The summed E-state index contributed by atoms with van der Waals surface area (Å²) in [5, 5.41) is 0. The lowest BCUT2D eigenvalue weighted by Gasteiger charge is -2.02. The first-order chi connectivity index (χ1) is 4.91. The topological polar surface area (TPSA) is 27.7 Å². The molecule has 0 aliphatic rings. The van der Waals surface area contributed by atoms with E-state index in [-0.39, 0.29) is 0 Å². The van der Waals surface area contributed by atoms with Crippen molar-refractivity contribution in [2.24, 2.45) is 0 Å². The fraction of sp³-hybridized carbons (Fsp3) is 1.00. The van der Waals surface area contributed by atoms with Gasteiger partial charge < -0.3 is 13.3 Å². The highest BCUT2D eigenvalue weighted by Gasteiger charge is 1.86. The first-order valence-corrected chi connectivity index (χ1v) is 4.29. The smallest absolute Gasteiger partial charge is 0.410 e. The first kappa shape index (κ1) is 10.4. The Morgan fingerprint density at radius 2 is 1.90 bits per heavy atom. The van der Waals surface area contributed by atoms with E-state index < -0.39 is 0 Å². The lowest BCUT2D eigenvalue weighted by Crippen LogP contribution is -2.04. The fourth-order valence-electron chi connectivity index (χ4n) is 0.550. The van der Waals surface area contributed by atoms with Crippen molar-refractivity contribution in [3.8, 4) is 0 Å². The maximum atomic E-state index is 5.19. The molecule has 0 amide bonds. The number of hydrogen-bond acceptors (Lipinski definition) is 3. The lowest BCUT2D eigenvalue weighted by molar-refractivity contribution is 0.0649. The molecular formula is C6H15AlO3. The van der Waals surface area contributed by atoms with Crippen LogP contribution >= 0.6 is 0 Å². The Labute approximate surface area is 70.4 Å². The van der Waals surface area contributed by atoms with Crippen LogP contribution in [-0.2, 0) is 13.3 Å². The fourth-order valence-corrected chi connectivity index (χ4v) is 0.838. The minimum Gasteiger partial charge on any atom is -0.506 e. The molecule has 3 nitrogen and oxygen atoms in total. The number of rotatable bonds is 7. The van der Waals surface area contributed by atoms with E-state index in [9.17, 15) is 0 Å². The Balaban J connectivity index is 2.65. The van der Waals surface area contributed by atoms with Crippen molar-refractivity contribution in [2.75, 3.05) is 33.5 Å². The van der Waals surface area contributed by atoms with E-state index in [0.29, 0.717) is 13.2 Å². The third-order valence-electron chi connectivity index (χ3n) is 1.07. The Morgan fingerprint density at radius 1 is 1.10 bits per heavy atom. The molecule has 0 aliphatic carbocycles. The standard InChI is InChI=1S/C6H13O3.Al.2H/c1-8-5-6-9-4-2-3-7;;;/h2-6H2,1H3;;;/q-1;+1;;.